The molecule has 4 aromatic rings. The van der Waals surface area contributed by atoms with Crippen LogP contribution in [0.5, 0.6) is 0 Å². The van der Waals surface area contributed by atoms with Gasteiger partial charge >= 0.3 is 12.2 Å². The Labute approximate surface area is 191 Å². The van der Waals surface area contributed by atoms with Gasteiger partial charge in [0.15, 0.2) is 0 Å². The molecule has 0 unspecified atom stereocenters. The summed E-state index contributed by atoms with van der Waals surface area (Å²) in [6.45, 7) is 4.16. The minimum absolute atomic E-state index is 0.309. The van der Waals surface area contributed by atoms with Crippen molar-refractivity contribution in [3.05, 3.63) is 66.7 Å². The average molecular weight is 445 g/mol. The van der Waals surface area contributed by atoms with E-state index >= 15 is 0 Å². The number of nitrogens with one attached hydrogen (secondary N) is 2. The predicted molar refractivity (Wildman–Crippen MR) is 129 cm³/mol. The van der Waals surface area contributed by atoms with Gasteiger partial charge in [0.25, 0.3) is 0 Å². The lowest BCUT2D eigenvalue weighted by Gasteiger charge is -2.12. The number of carbonyl (C=O) groups is 2. The maximum Gasteiger partial charge on any atom is 0.411 e. The molecule has 1 aromatic heterocycles. The van der Waals surface area contributed by atoms with E-state index in [2.05, 4.69) is 27.3 Å². The zero-order valence-electron chi connectivity index (χ0n) is 18.8. The molecule has 3 aromatic carbocycles. The molecule has 0 radical (unpaired) electrons. The third kappa shape index (κ3) is 4.57. The standard InChI is InChI=1S/C26H25N3O4/c1-4-32-25(30)27-18-12-10-17(11-13-18)24-22-9-7-6-8-20(22)21-15-14-19(16-23(21)29(24)3)28-26(31)33-5-2/h6-16H,4-5H2,1-3H3,(H,27,28,30,31)/p+1. The van der Waals surface area contributed by atoms with Crippen molar-refractivity contribution in [3.63, 3.8) is 0 Å². The average Bonchev–Trinajstić information content (AvgIpc) is 2.81. The maximum atomic E-state index is 11.9. The number of fused-ring (bicyclic) bond motifs is 3. The molecule has 1 heterocycles. The summed E-state index contributed by atoms with van der Waals surface area (Å²) in [7, 11) is 2.00. The molecule has 0 aliphatic rings. The van der Waals surface area contributed by atoms with Gasteiger partial charge in [-0.05, 0) is 56.3 Å². The second-order valence-electron chi connectivity index (χ2n) is 7.45. The predicted octanol–water partition coefficient (Wildman–Crippen LogP) is 5.62. The lowest BCUT2D eigenvalue weighted by Crippen LogP contribution is -2.32. The van der Waals surface area contributed by atoms with Gasteiger partial charge < -0.3 is 9.47 Å². The van der Waals surface area contributed by atoms with Gasteiger partial charge in [0.2, 0.25) is 11.2 Å². The van der Waals surface area contributed by atoms with Crippen LogP contribution in [-0.4, -0.2) is 25.4 Å². The number of hydrogen-bond donors (Lipinski definition) is 2. The smallest absolute Gasteiger partial charge is 0.411 e. The summed E-state index contributed by atoms with van der Waals surface area (Å²) in [6.07, 6.45) is -0.959. The van der Waals surface area contributed by atoms with Crippen molar-refractivity contribution in [2.24, 2.45) is 7.05 Å². The van der Waals surface area contributed by atoms with E-state index in [9.17, 15) is 9.59 Å². The molecular weight excluding hydrogens is 418 g/mol. The Morgan fingerprint density at radius 1 is 0.758 bits per heavy atom. The highest BCUT2D eigenvalue weighted by Gasteiger charge is 2.21. The van der Waals surface area contributed by atoms with E-state index in [1.807, 2.05) is 61.6 Å². The number of benzene rings is 3. The fraction of sp³-hybridized carbons (Fsp3) is 0.192. The molecule has 0 saturated carbocycles. The van der Waals surface area contributed by atoms with Gasteiger partial charge in [-0.1, -0.05) is 18.2 Å². The van der Waals surface area contributed by atoms with Gasteiger partial charge in [0, 0.05) is 22.7 Å². The van der Waals surface area contributed by atoms with Gasteiger partial charge in [-0.3, -0.25) is 10.6 Å². The zero-order chi connectivity index (χ0) is 23.4. The second kappa shape index (κ2) is 9.56. The van der Waals surface area contributed by atoms with E-state index in [1.54, 1.807) is 13.8 Å². The summed E-state index contributed by atoms with van der Waals surface area (Å²) < 4.78 is 12.1. The molecule has 0 saturated heterocycles. The Morgan fingerprint density at radius 3 is 1.97 bits per heavy atom. The van der Waals surface area contributed by atoms with Gasteiger partial charge in [-0.2, -0.15) is 4.57 Å². The molecule has 7 heteroatoms. The van der Waals surface area contributed by atoms with Crippen LogP contribution in [0, 0.1) is 0 Å². The highest BCUT2D eigenvalue weighted by Crippen LogP contribution is 2.32. The molecule has 0 aliphatic heterocycles. The van der Waals surface area contributed by atoms with Crippen molar-refractivity contribution in [3.8, 4) is 11.3 Å². The maximum absolute atomic E-state index is 11.9. The fourth-order valence-corrected chi connectivity index (χ4v) is 3.97. The molecule has 0 aliphatic carbocycles. The molecule has 0 fully saturated rings. The van der Waals surface area contributed by atoms with Crippen LogP contribution in [0.15, 0.2) is 66.7 Å². The Kier molecular flexibility index (Phi) is 6.40. The molecule has 7 nitrogen and oxygen atoms in total. The van der Waals surface area contributed by atoms with Gasteiger partial charge in [-0.15, -0.1) is 0 Å². The first kappa shape index (κ1) is 22.1. The van der Waals surface area contributed by atoms with Gasteiger partial charge in [0.05, 0.1) is 29.7 Å². The second-order valence-corrected chi connectivity index (χ2v) is 7.45. The molecule has 4 rings (SSSR count). The number of carbonyl (C=O) groups excluding carboxylic acids is 2. The number of hydrogen-bond acceptors (Lipinski definition) is 4. The molecule has 168 valence electrons. The number of aryl methyl sites for hydroxylation is 1. The van der Waals surface area contributed by atoms with E-state index in [1.165, 1.54) is 0 Å². The SMILES string of the molecule is CCOC(=O)Nc1ccc(-c2c3ccccc3c3ccc(NC(=O)OCC)cc3[n+]2C)cc1. The summed E-state index contributed by atoms with van der Waals surface area (Å²) in [6, 6.07) is 21.7. The molecule has 2 amide bonds. The van der Waals surface area contributed by atoms with Crippen LogP contribution < -0.4 is 15.2 Å². The van der Waals surface area contributed by atoms with Crippen molar-refractivity contribution in [1.29, 1.82) is 0 Å². The number of amides is 2. The molecule has 0 bridgehead atoms. The molecule has 0 atom stereocenters. The van der Waals surface area contributed by atoms with Crippen molar-refractivity contribution in [2.45, 2.75) is 13.8 Å². The van der Waals surface area contributed by atoms with Crippen LogP contribution in [0.25, 0.3) is 32.9 Å². The third-order valence-corrected chi connectivity index (χ3v) is 5.37. The molecule has 2 N–H and O–H groups in total. The van der Waals surface area contributed by atoms with Crippen LogP contribution in [0.4, 0.5) is 21.0 Å². The largest absolute Gasteiger partial charge is 0.450 e. The van der Waals surface area contributed by atoms with E-state index in [0.29, 0.717) is 24.6 Å². The van der Waals surface area contributed by atoms with Crippen LogP contribution in [-0.2, 0) is 16.5 Å². The number of aromatic nitrogens is 1. The highest BCUT2D eigenvalue weighted by atomic mass is 16.6. The normalized spacial score (nSPS) is 10.8. The molecule has 0 spiro atoms. The van der Waals surface area contributed by atoms with E-state index in [-0.39, 0.29) is 0 Å². The highest BCUT2D eigenvalue weighted by molar-refractivity contribution is 6.09. The molecular formula is C26H26N3O4+. The number of anilines is 2. The molecule has 33 heavy (non-hydrogen) atoms. The third-order valence-electron chi connectivity index (χ3n) is 5.37. The lowest BCUT2D eigenvalue weighted by molar-refractivity contribution is -0.632. The summed E-state index contributed by atoms with van der Waals surface area (Å²) in [5.74, 6) is 0. The quantitative estimate of drug-likeness (QED) is 0.309. The summed E-state index contributed by atoms with van der Waals surface area (Å²) in [5, 5.41) is 8.78. The summed E-state index contributed by atoms with van der Waals surface area (Å²) in [5.41, 5.74) is 4.30. The topological polar surface area (TPSA) is 80.5 Å². The number of pyridine rings is 1. The first-order valence-electron chi connectivity index (χ1n) is 10.8. The fourth-order valence-electron chi connectivity index (χ4n) is 3.97. The summed E-state index contributed by atoms with van der Waals surface area (Å²) in [4.78, 5) is 23.6. The van der Waals surface area contributed by atoms with Crippen molar-refractivity contribution in [1.82, 2.24) is 0 Å². The van der Waals surface area contributed by atoms with Crippen molar-refractivity contribution in [2.75, 3.05) is 23.8 Å². The first-order valence-corrected chi connectivity index (χ1v) is 10.8. The first-order chi connectivity index (χ1) is 16.0. The Balaban J connectivity index is 1.82. The van der Waals surface area contributed by atoms with Crippen LogP contribution >= 0.6 is 0 Å². The van der Waals surface area contributed by atoms with Crippen molar-refractivity contribution < 1.29 is 23.6 Å². The summed E-state index contributed by atoms with van der Waals surface area (Å²) >= 11 is 0. The van der Waals surface area contributed by atoms with E-state index < -0.39 is 12.2 Å². The van der Waals surface area contributed by atoms with E-state index in [0.717, 1.165) is 32.9 Å². The Hall–Kier alpha value is -4.13. The van der Waals surface area contributed by atoms with Crippen LogP contribution in [0.3, 0.4) is 0 Å². The minimum atomic E-state index is -0.481. The van der Waals surface area contributed by atoms with Crippen LogP contribution in [0.1, 0.15) is 13.8 Å². The van der Waals surface area contributed by atoms with Gasteiger partial charge in [0.1, 0.15) is 7.05 Å². The minimum Gasteiger partial charge on any atom is -0.450 e. The number of ether oxygens (including phenoxy) is 2. The zero-order valence-corrected chi connectivity index (χ0v) is 18.8. The monoisotopic (exact) mass is 444 g/mol. The van der Waals surface area contributed by atoms with E-state index in [4.69, 9.17) is 9.47 Å². The Bertz CT molecular complexity index is 1330. The van der Waals surface area contributed by atoms with Crippen molar-refractivity contribution >= 4 is 45.2 Å². The van der Waals surface area contributed by atoms with Crippen LogP contribution in [0.2, 0.25) is 0 Å². The lowest BCUT2D eigenvalue weighted by atomic mass is 9.99. The number of nitrogens with zero attached hydrogens (tertiary/aromatic N) is 1. The number of rotatable bonds is 5. The Morgan fingerprint density at radius 2 is 1.33 bits per heavy atom. The van der Waals surface area contributed by atoms with Gasteiger partial charge in [-0.25, -0.2) is 9.59 Å².